The van der Waals surface area contributed by atoms with E-state index in [9.17, 15) is 4.79 Å². The first-order valence-electron chi connectivity index (χ1n) is 7.48. The van der Waals surface area contributed by atoms with E-state index in [1.54, 1.807) is 17.8 Å². The van der Waals surface area contributed by atoms with E-state index in [-0.39, 0.29) is 5.97 Å². The van der Waals surface area contributed by atoms with Crippen molar-refractivity contribution in [2.45, 2.75) is 24.4 Å². The number of para-hydroxylation sites is 2. The Bertz CT molecular complexity index is 842. The highest BCUT2D eigenvalue weighted by Crippen LogP contribution is 2.27. The summed E-state index contributed by atoms with van der Waals surface area (Å²) in [6.07, 6.45) is 0. The Morgan fingerprint density at radius 1 is 1.22 bits per heavy atom. The predicted molar refractivity (Wildman–Crippen MR) is 92.7 cm³/mol. The van der Waals surface area contributed by atoms with Crippen molar-refractivity contribution < 1.29 is 9.53 Å². The minimum Gasteiger partial charge on any atom is -0.465 e. The molecule has 3 aromatic rings. The lowest BCUT2D eigenvalue weighted by molar-refractivity contribution is 0.0600. The highest BCUT2D eigenvalue weighted by molar-refractivity contribution is 7.98. The maximum absolute atomic E-state index is 11.6. The second kappa shape index (κ2) is 6.87. The van der Waals surface area contributed by atoms with Gasteiger partial charge in [0, 0.05) is 12.3 Å². The number of benzene rings is 2. The second-order valence-corrected chi connectivity index (χ2v) is 6.05. The number of hydrogen-bond acceptors (Lipinski definition) is 4. The van der Waals surface area contributed by atoms with E-state index in [0.29, 0.717) is 5.56 Å². The minimum atomic E-state index is -0.308. The first-order chi connectivity index (χ1) is 11.2. The van der Waals surface area contributed by atoms with Crippen molar-refractivity contribution in [2.75, 3.05) is 7.11 Å². The zero-order chi connectivity index (χ0) is 16.2. The topological polar surface area (TPSA) is 44.1 Å². The summed E-state index contributed by atoms with van der Waals surface area (Å²) in [4.78, 5) is 16.3. The predicted octanol–water partition coefficient (Wildman–Crippen LogP) is 4.14. The molecule has 0 atom stereocenters. The van der Waals surface area contributed by atoms with Gasteiger partial charge in [-0.15, -0.1) is 0 Å². The largest absolute Gasteiger partial charge is 0.465 e. The Kier molecular flexibility index (Phi) is 4.67. The molecule has 0 unspecified atom stereocenters. The van der Waals surface area contributed by atoms with Crippen molar-refractivity contribution in [3.63, 3.8) is 0 Å². The molecule has 0 N–H and O–H groups in total. The molecule has 118 valence electrons. The number of carbonyl (C=O) groups excluding carboxylic acids is 1. The third kappa shape index (κ3) is 3.24. The van der Waals surface area contributed by atoms with Crippen LogP contribution >= 0.6 is 11.8 Å². The number of carbonyl (C=O) groups is 1. The highest BCUT2D eigenvalue weighted by atomic mass is 32.2. The summed E-state index contributed by atoms with van der Waals surface area (Å²) in [6.45, 7) is 3.00. The standard InChI is InChI=1S/C18H18N2O2S/c1-3-20-16-10-5-4-9-15(16)19-18(20)23-12-13-7-6-8-14(11-13)17(21)22-2/h4-11H,3,12H2,1-2H3. The lowest BCUT2D eigenvalue weighted by Crippen LogP contribution is -2.01. The average molecular weight is 326 g/mol. The third-order valence-electron chi connectivity index (χ3n) is 3.65. The van der Waals surface area contributed by atoms with Gasteiger partial charge in [-0.2, -0.15) is 0 Å². The molecule has 4 nitrogen and oxygen atoms in total. The molecule has 1 aromatic heterocycles. The van der Waals surface area contributed by atoms with E-state index < -0.39 is 0 Å². The van der Waals surface area contributed by atoms with Crippen LogP contribution in [0.4, 0.5) is 0 Å². The lowest BCUT2D eigenvalue weighted by Gasteiger charge is -2.06. The Hall–Kier alpha value is -2.27. The van der Waals surface area contributed by atoms with E-state index >= 15 is 0 Å². The van der Waals surface area contributed by atoms with Crippen LogP contribution in [0.3, 0.4) is 0 Å². The van der Waals surface area contributed by atoms with Crippen LogP contribution < -0.4 is 0 Å². The Labute approximate surface area is 139 Å². The monoisotopic (exact) mass is 326 g/mol. The molecule has 0 aliphatic heterocycles. The Morgan fingerprint density at radius 3 is 2.83 bits per heavy atom. The van der Waals surface area contributed by atoms with Crippen molar-refractivity contribution in [3.05, 3.63) is 59.7 Å². The molecule has 0 spiro atoms. The first-order valence-corrected chi connectivity index (χ1v) is 8.46. The van der Waals surface area contributed by atoms with Crippen molar-refractivity contribution in [1.29, 1.82) is 0 Å². The van der Waals surface area contributed by atoms with E-state index in [2.05, 4.69) is 17.6 Å². The number of ether oxygens (including phenoxy) is 1. The van der Waals surface area contributed by atoms with Crippen molar-refractivity contribution >= 4 is 28.8 Å². The molecule has 0 saturated carbocycles. The molecule has 0 aliphatic carbocycles. The number of nitrogens with zero attached hydrogens (tertiary/aromatic N) is 2. The van der Waals surface area contributed by atoms with E-state index in [1.165, 1.54) is 7.11 Å². The Balaban J connectivity index is 1.82. The molecular weight excluding hydrogens is 308 g/mol. The van der Waals surface area contributed by atoms with Crippen LogP contribution in [0.5, 0.6) is 0 Å². The first kappa shape index (κ1) is 15.6. The quantitative estimate of drug-likeness (QED) is 0.522. The smallest absolute Gasteiger partial charge is 0.337 e. The summed E-state index contributed by atoms with van der Waals surface area (Å²) in [5, 5.41) is 0.997. The van der Waals surface area contributed by atoms with Gasteiger partial charge in [-0.25, -0.2) is 9.78 Å². The second-order valence-electron chi connectivity index (χ2n) is 5.11. The minimum absolute atomic E-state index is 0.308. The normalized spacial score (nSPS) is 10.9. The van der Waals surface area contributed by atoms with Crippen molar-refractivity contribution in [3.8, 4) is 0 Å². The van der Waals surface area contributed by atoms with E-state index in [1.807, 2.05) is 36.4 Å². The molecule has 0 aliphatic rings. The number of thioether (sulfide) groups is 1. The molecule has 0 fully saturated rings. The van der Waals surface area contributed by atoms with Crippen LogP contribution in [0, 0.1) is 0 Å². The summed E-state index contributed by atoms with van der Waals surface area (Å²) in [5.41, 5.74) is 3.82. The van der Waals surface area contributed by atoms with Gasteiger partial charge in [-0.1, -0.05) is 36.0 Å². The van der Waals surface area contributed by atoms with Crippen molar-refractivity contribution in [1.82, 2.24) is 9.55 Å². The lowest BCUT2D eigenvalue weighted by atomic mass is 10.1. The maximum atomic E-state index is 11.6. The molecule has 0 amide bonds. The SMILES string of the molecule is CCn1c(SCc2cccc(C(=O)OC)c2)nc2ccccc21. The summed E-state index contributed by atoms with van der Waals surface area (Å²) < 4.78 is 6.98. The molecule has 0 bridgehead atoms. The van der Waals surface area contributed by atoms with Gasteiger partial charge in [-0.3, -0.25) is 0 Å². The van der Waals surface area contributed by atoms with Crippen LogP contribution in [0.25, 0.3) is 11.0 Å². The number of fused-ring (bicyclic) bond motifs is 1. The fourth-order valence-corrected chi connectivity index (χ4v) is 3.54. The van der Waals surface area contributed by atoms with E-state index in [4.69, 9.17) is 9.72 Å². The highest BCUT2D eigenvalue weighted by Gasteiger charge is 2.11. The van der Waals surface area contributed by atoms with Gasteiger partial charge in [0.25, 0.3) is 0 Å². The summed E-state index contributed by atoms with van der Waals surface area (Å²) >= 11 is 1.68. The fourth-order valence-electron chi connectivity index (χ4n) is 2.52. The van der Waals surface area contributed by atoms with Crippen LogP contribution in [0.1, 0.15) is 22.8 Å². The fraction of sp³-hybridized carbons (Fsp3) is 0.222. The van der Waals surface area contributed by atoms with Crippen LogP contribution in [-0.4, -0.2) is 22.6 Å². The molecule has 1 heterocycles. The molecule has 2 aromatic carbocycles. The van der Waals surface area contributed by atoms with Gasteiger partial charge in [0.15, 0.2) is 5.16 Å². The van der Waals surface area contributed by atoms with Gasteiger partial charge >= 0.3 is 5.97 Å². The summed E-state index contributed by atoms with van der Waals surface area (Å²) in [6, 6.07) is 15.7. The number of methoxy groups -OCH3 is 1. The van der Waals surface area contributed by atoms with E-state index in [0.717, 1.165) is 34.1 Å². The van der Waals surface area contributed by atoms with Crippen LogP contribution in [0.2, 0.25) is 0 Å². The van der Waals surface area contributed by atoms with Gasteiger partial charge in [0.2, 0.25) is 0 Å². The third-order valence-corrected chi connectivity index (χ3v) is 4.70. The Morgan fingerprint density at radius 2 is 2.04 bits per heavy atom. The molecule has 3 rings (SSSR count). The molecule has 0 radical (unpaired) electrons. The van der Waals surface area contributed by atoms with Crippen LogP contribution in [0.15, 0.2) is 53.7 Å². The number of aromatic nitrogens is 2. The van der Waals surface area contributed by atoms with Gasteiger partial charge in [-0.05, 0) is 36.8 Å². The maximum Gasteiger partial charge on any atom is 0.337 e. The average Bonchev–Trinajstić information content (AvgIpc) is 2.97. The van der Waals surface area contributed by atoms with Gasteiger partial charge in [0.1, 0.15) is 0 Å². The number of rotatable bonds is 5. The number of hydrogen-bond donors (Lipinski definition) is 0. The molecular formula is C18H18N2O2S. The number of aryl methyl sites for hydroxylation is 1. The molecule has 23 heavy (non-hydrogen) atoms. The number of esters is 1. The van der Waals surface area contributed by atoms with Gasteiger partial charge < -0.3 is 9.30 Å². The van der Waals surface area contributed by atoms with Crippen molar-refractivity contribution in [2.24, 2.45) is 0 Å². The summed E-state index contributed by atoms with van der Waals surface area (Å²) in [5.74, 6) is 0.450. The van der Waals surface area contributed by atoms with Gasteiger partial charge in [0.05, 0.1) is 23.7 Å². The van der Waals surface area contributed by atoms with Crippen LogP contribution in [-0.2, 0) is 17.0 Å². The zero-order valence-corrected chi connectivity index (χ0v) is 14.0. The zero-order valence-electron chi connectivity index (χ0n) is 13.2. The molecule has 0 saturated heterocycles. The number of imidazole rings is 1. The molecule has 5 heteroatoms. The summed E-state index contributed by atoms with van der Waals surface area (Å²) in [7, 11) is 1.40.